The zero-order valence-electron chi connectivity index (χ0n) is 14.5. The summed E-state index contributed by atoms with van der Waals surface area (Å²) in [5.41, 5.74) is 0.661. The lowest BCUT2D eigenvalue weighted by Gasteiger charge is -2.20. The molecule has 6 heteroatoms. The van der Waals surface area contributed by atoms with Crippen LogP contribution in [0.5, 0.6) is 5.75 Å². The summed E-state index contributed by atoms with van der Waals surface area (Å²) in [6.45, 7) is 7.71. The molecule has 0 aliphatic rings. The number of amides is 1. The van der Waals surface area contributed by atoms with Crippen LogP contribution in [0.15, 0.2) is 36.4 Å². The molecule has 0 bridgehead atoms. The van der Waals surface area contributed by atoms with Crippen LogP contribution in [0.3, 0.4) is 0 Å². The lowest BCUT2D eigenvalue weighted by atomic mass is 9.87. The molecule has 0 saturated carbocycles. The van der Waals surface area contributed by atoms with Crippen LogP contribution < -0.4 is 10.1 Å². The van der Waals surface area contributed by atoms with E-state index in [9.17, 15) is 18.0 Å². The van der Waals surface area contributed by atoms with E-state index in [0.717, 1.165) is 17.7 Å². The van der Waals surface area contributed by atoms with Crippen molar-refractivity contribution in [3.05, 3.63) is 59.4 Å². The number of anilines is 1. The number of rotatable bonds is 4. The molecule has 2 aromatic rings. The summed E-state index contributed by atoms with van der Waals surface area (Å²) in [4.78, 5) is 12.1. The second kappa shape index (κ2) is 7.17. The number of hydrogen-bond donors (Lipinski definition) is 1. The van der Waals surface area contributed by atoms with Gasteiger partial charge in [0.05, 0.1) is 5.69 Å². The van der Waals surface area contributed by atoms with Gasteiger partial charge in [0.15, 0.2) is 23.6 Å². The molecular weight excluding hydrogens is 331 g/mol. The molecule has 1 amide bonds. The molecule has 25 heavy (non-hydrogen) atoms. The normalized spacial score (nSPS) is 12.6. The first-order valence-electron chi connectivity index (χ1n) is 7.81. The summed E-state index contributed by atoms with van der Waals surface area (Å²) in [5.74, 6) is -4.61. The molecular formula is C19H20F3NO2. The van der Waals surface area contributed by atoms with Crippen LogP contribution in [-0.4, -0.2) is 12.0 Å². The quantitative estimate of drug-likeness (QED) is 0.803. The molecule has 0 unspecified atom stereocenters. The zero-order chi connectivity index (χ0) is 18.8. The fraction of sp³-hybridized carbons (Fsp3) is 0.316. The molecule has 3 nitrogen and oxygen atoms in total. The van der Waals surface area contributed by atoms with Gasteiger partial charge in [0.1, 0.15) is 5.75 Å². The smallest absolute Gasteiger partial charge is 0.265 e. The molecule has 134 valence electrons. The van der Waals surface area contributed by atoms with Crippen LogP contribution in [0, 0.1) is 17.5 Å². The Kier molecular flexibility index (Phi) is 5.40. The highest BCUT2D eigenvalue weighted by Gasteiger charge is 2.20. The molecule has 0 heterocycles. The van der Waals surface area contributed by atoms with Crippen molar-refractivity contribution in [2.45, 2.75) is 39.2 Å². The average Bonchev–Trinajstić information content (AvgIpc) is 2.55. The molecule has 0 radical (unpaired) electrons. The van der Waals surface area contributed by atoms with Crippen molar-refractivity contribution in [3.8, 4) is 5.75 Å². The van der Waals surface area contributed by atoms with E-state index in [0.29, 0.717) is 5.75 Å². The number of halogens is 3. The van der Waals surface area contributed by atoms with Crippen LogP contribution in [0.4, 0.5) is 18.9 Å². The van der Waals surface area contributed by atoms with E-state index in [2.05, 4.69) is 26.1 Å². The van der Waals surface area contributed by atoms with Gasteiger partial charge in [-0.15, -0.1) is 0 Å². The van der Waals surface area contributed by atoms with Crippen molar-refractivity contribution in [1.29, 1.82) is 0 Å². The fourth-order valence-electron chi connectivity index (χ4n) is 2.15. The lowest BCUT2D eigenvalue weighted by Crippen LogP contribution is -2.30. The minimum absolute atomic E-state index is 0.00823. The largest absolute Gasteiger partial charge is 0.481 e. The molecule has 0 aromatic heterocycles. The van der Waals surface area contributed by atoms with Crippen molar-refractivity contribution < 1.29 is 22.7 Å². The van der Waals surface area contributed by atoms with Gasteiger partial charge >= 0.3 is 0 Å². The highest BCUT2D eigenvalue weighted by Crippen LogP contribution is 2.25. The van der Waals surface area contributed by atoms with Crippen molar-refractivity contribution in [2.75, 3.05) is 5.32 Å². The van der Waals surface area contributed by atoms with Gasteiger partial charge in [0.25, 0.3) is 5.91 Å². The molecule has 2 rings (SSSR count). The Morgan fingerprint density at radius 2 is 1.60 bits per heavy atom. The van der Waals surface area contributed by atoms with Gasteiger partial charge < -0.3 is 10.1 Å². The van der Waals surface area contributed by atoms with E-state index in [-0.39, 0.29) is 5.41 Å². The van der Waals surface area contributed by atoms with Crippen molar-refractivity contribution in [2.24, 2.45) is 0 Å². The van der Waals surface area contributed by atoms with Crippen LogP contribution >= 0.6 is 0 Å². The molecule has 0 spiro atoms. The minimum Gasteiger partial charge on any atom is -0.481 e. The van der Waals surface area contributed by atoms with E-state index >= 15 is 0 Å². The predicted molar refractivity (Wildman–Crippen MR) is 90.2 cm³/mol. The Morgan fingerprint density at radius 1 is 1.00 bits per heavy atom. The van der Waals surface area contributed by atoms with Crippen LogP contribution in [0.2, 0.25) is 0 Å². The summed E-state index contributed by atoms with van der Waals surface area (Å²) in [5, 5.41) is 2.19. The number of hydrogen-bond acceptors (Lipinski definition) is 2. The van der Waals surface area contributed by atoms with Gasteiger partial charge in [-0.3, -0.25) is 4.79 Å². The van der Waals surface area contributed by atoms with Crippen molar-refractivity contribution in [1.82, 2.24) is 0 Å². The minimum atomic E-state index is -1.64. The number of carbonyl (C=O) groups is 1. The second-order valence-corrected chi connectivity index (χ2v) is 6.75. The Morgan fingerprint density at radius 3 is 2.16 bits per heavy atom. The zero-order valence-corrected chi connectivity index (χ0v) is 14.5. The summed E-state index contributed by atoms with van der Waals surface area (Å²) < 4.78 is 45.2. The second-order valence-electron chi connectivity index (χ2n) is 6.75. The Balaban J connectivity index is 2.04. The van der Waals surface area contributed by atoms with Crippen LogP contribution in [0.1, 0.15) is 33.3 Å². The predicted octanol–water partition coefficient (Wildman–Crippen LogP) is 4.81. The van der Waals surface area contributed by atoms with Crippen LogP contribution in [0.25, 0.3) is 0 Å². The highest BCUT2D eigenvalue weighted by atomic mass is 19.2. The van der Waals surface area contributed by atoms with E-state index in [4.69, 9.17) is 4.74 Å². The Bertz CT molecular complexity index is 767. The van der Waals surface area contributed by atoms with Gasteiger partial charge in [-0.1, -0.05) is 32.9 Å². The number of nitrogens with one attached hydrogen (secondary N) is 1. The third kappa shape index (κ3) is 4.53. The molecule has 2 aromatic carbocycles. The number of benzene rings is 2. The van der Waals surface area contributed by atoms with Gasteiger partial charge in [-0.05, 0) is 42.2 Å². The maximum absolute atomic E-state index is 13.6. The third-order valence-corrected chi connectivity index (χ3v) is 3.70. The van der Waals surface area contributed by atoms with E-state index in [1.165, 1.54) is 6.92 Å². The molecule has 1 atom stereocenters. The molecule has 1 N–H and O–H groups in total. The third-order valence-electron chi connectivity index (χ3n) is 3.70. The van der Waals surface area contributed by atoms with E-state index in [1.807, 2.05) is 12.1 Å². The first kappa shape index (κ1) is 18.8. The standard InChI is InChI=1S/C19H20F3NO2/c1-11(25-13-7-5-12(6-8-13)19(2,3)4)18(24)23-15-10-9-14(20)16(21)17(15)22/h5-11H,1-4H3,(H,23,24)/t11-/m0/s1. The monoisotopic (exact) mass is 351 g/mol. The Hall–Kier alpha value is -2.50. The molecule has 0 aliphatic heterocycles. The summed E-state index contributed by atoms with van der Waals surface area (Å²) in [6.07, 6.45) is -0.951. The SMILES string of the molecule is C[C@H](Oc1ccc(C(C)(C)C)cc1)C(=O)Nc1ccc(F)c(F)c1F. The van der Waals surface area contributed by atoms with E-state index < -0.39 is 35.2 Å². The maximum atomic E-state index is 13.6. The maximum Gasteiger partial charge on any atom is 0.265 e. The molecule has 0 aliphatic carbocycles. The molecule has 0 fully saturated rings. The summed E-state index contributed by atoms with van der Waals surface area (Å²) >= 11 is 0. The average molecular weight is 351 g/mol. The number of carbonyl (C=O) groups excluding carboxylic acids is 1. The van der Waals surface area contributed by atoms with Crippen LogP contribution in [-0.2, 0) is 10.2 Å². The topological polar surface area (TPSA) is 38.3 Å². The van der Waals surface area contributed by atoms with Gasteiger partial charge in [-0.25, -0.2) is 13.2 Å². The van der Waals surface area contributed by atoms with Gasteiger partial charge in [0.2, 0.25) is 0 Å². The first-order chi connectivity index (χ1) is 11.6. The fourth-order valence-corrected chi connectivity index (χ4v) is 2.15. The lowest BCUT2D eigenvalue weighted by molar-refractivity contribution is -0.122. The summed E-state index contributed by atoms with van der Waals surface area (Å²) in [6, 6.07) is 8.97. The Labute approximate surface area is 144 Å². The molecule has 0 saturated heterocycles. The highest BCUT2D eigenvalue weighted by molar-refractivity contribution is 5.94. The first-order valence-corrected chi connectivity index (χ1v) is 7.81. The number of ether oxygens (including phenoxy) is 1. The van der Waals surface area contributed by atoms with Crippen molar-refractivity contribution >= 4 is 11.6 Å². The van der Waals surface area contributed by atoms with Gasteiger partial charge in [0, 0.05) is 0 Å². The summed E-state index contributed by atoms with van der Waals surface area (Å²) in [7, 11) is 0. The van der Waals surface area contributed by atoms with Gasteiger partial charge in [-0.2, -0.15) is 0 Å². The van der Waals surface area contributed by atoms with E-state index in [1.54, 1.807) is 12.1 Å². The van der Waals surface area contributed by atoms with Crippen molar-refractivity contribution in [3.63, 3.8) is 0 Å².